The van der Waals surface area contributed by atoms with Crippen LogP contribution in [-0.2, 0) is 17.4 Å². The molecule has 0 spiro atoms. The Hall–Kier alpha value is -1.66. The highest BCUT2D eigenvalue weighted by atomic mass is 19.4. The fourth-order valence-corrected chi connectivity index (χ4v) is 0.831. The van der Waals surface area contributed by atoms with Gasteiger partial charge in [0.2, 0.25) is 5.91 Å². The van der Waals surface area contributed by atoms with Crippen molar-refractivity contribution in [2.45, 2.75) is 12.6 Å². The first-order valence-electron chi connectivity index (χ1n) is 3.56. The topological polar surface area (TPSA) is 68.9 Å². The molecule has 1 rings (SSSR count). The summed E-state index contributed by atoms with van der Waals surface area (Å²) in [5, 5.41) is 6.47. The first-order chi connectivity index (χ1) is 6.39. The molecule has 0 saturated heterocycles. The van der Waals surface area contributed by atoms with Crippen LogP contribution in [-0.4, -0.2) is 16.1 Å². The number of nitrogens with two attached hydrogens (primary N) is 1. The van der Waals surface area contributed by atoms with Crippen LogP contribution in [0.1, 0.15) is 11.3 Å². The molecule has 0 atom stereocenters. The zero-order valence-electron chi connectivity index (χ0n) is 6.88. The molecule has 14 heavy (non-hydrogen) atoms. The van der Waals surface area contributed by atoms with Gasteiger partial charge in [-0.05, 0) is 6.07 Å². The Bertz CT molecular complexity index is 350. The van der Waals surface area contributed by atoms with E-state index in [2.05, 4.69) is 10.2 Å². The van der Waals surface area contributed by atoms with E-state index < -0.39 is 17.6 Å². The van der Waals surface area contributed by atoms with E-state index in [4.69, 9.17) is 5.73 Å². The lowest BCUT2D eigenvalue weighted by Gasteiger charge is -2.05. The number of hydrogen-bond acceptors (Lipinski definition) is 3. The first-order valence-corrected chi connectivity index (χ1v) is 3.56. The molecule has 0 radical (unpaired) electrons. The van der Waals surface area contributed by atoms with Crippen LogP contribution in [0.15, 0.2) is 12.3 Å². The Morgan fingerprint density at radius 1 is 1.50 bits per heavy atom. The molecular weight excluding hydrogens is 199 g/mol. The molecule has 0 aliphatic rings. The molecule has 0 bridgehead atoms. The highest BCUT2D eigenvalue weighted by Crippen LogP contribution is 2.28. The van der Waals surface area contributed by atoms with Gasteiger partial charge in [-0.3, -0.25) is 4.79 Å². The van der Waals surface area contributed by atoms with E-state index >= 15 is 0 Å². The molecule has 0 aromatic carbocycles. The summed E-state index contributed by atoms with van der Waals surface area (Å²) in [6.07, 6.45) is -4.25. The van der Waals surface area contributed by atoms with Crippen molar-refractivity contribution in [1.82, 2.24) is 10.2 Å². The molecule has 1 aromatic heterocycles. The van der Waals surface area contributed by atoms with Crippen molar-refractivity contribution in [3.63, 3.8) is 0 Å². The Morgan fingerprint density at radius 2 is 2.14 bits per heavy atom. The van der Waals surface area contributed by atoms with Crippen LogP contribution in [0.2, 0.25) is 0 Å². The zero-order chi connectivity index (χ0) is 10.8. The fraction of sp³-hybridized carbons (Fsp3) is 0.286. The molecule has 0 fully saturated rings. The molecule has 76 valence electrons. The number of rotatable bonds is 2. The van der Waals surface area contributed by atoms with Crippen molar-refractivity contribution in [2.75, 3.05) is 0 Å². The predicted molar refractivity (Wildman–Crippen MR) is 39.9 cm³/mol. The van der Waals surface area contributed by atoms with E-state index in [9.17, 15) is 18.0 Å². The minimum atomic E-state index is -4.48. The second-order valence-corrected chi connectivity index (χ2v) is 2.58. The van der Waals surface area contributed by atoms with E-state index in [0.29, 0.717) is 6.20 Å². The third-order valence-electron chi connectivity index (χ3n) is 1.39. The van der Waals surface area contributed by atoms with Crippen molar-refractivity contribution >= 4 is 5.91 Å². The number of nitrogens with zero attached hydrogens (tertiary/aromatic N) is 2. The second kappa shape index (κ2) is 3.60. The maximum absolute atomic E-state index is 12.1. The molecule has 4 nitrogen and oxygen atoms in total. The van der Waals surface area contributed by atoms with E-state index in [-0.39, 0.29) is 12.1 Å². The van der Waals surface area contributed by atoms with Crippen LogP contribution in [0, 0.1) is 0 Å². The summed E-state index contributed by atoms with van der Waals surface area (Å²) in [7, 11) is 0. The van der Waals surface area contributed by atoms with Gasteiger partial charge in [0, 0.05) is 0 Å². The summed E-state index contributed by atoms with van der Waals surface area (Å²) in [6.45, 7) is 0. The van der Waals surface area contributed by atoms with Gasteiger partial charge in [-0.25, -0.2) is 0 Å². The van der Waals surface area contributed by atoms with Crippen molar-refractivity contribution in [3.8, 4) is 0 Å². The molecule has 0 aliphatic heterocycles. The Labute approximate surface area is 76.9 Å². The first kappa shape index (κ1) is 10.4. The van der Waals surface area contributed by atoms with E-state index in [1.165, 1.54) is 0 Å². The van der Waals surface area contributed by atoms with Crippen molar-refractivity contribution in [1.29, 1.82) is 0 Å². The SMILES string of the molecule is NC(=O)Cc1cc(C(F)(F)F)cnn1. The summed E-state index contributed by atoms with van der Waals surface area (Å²) >= 11 is 0. The lowest BCUT2D eigenvalue weighted by atomic mass is 10.2. The van der Waals surface area contributed by atoms with Gasteiger partial charge in [0.25, 0.3) is 0 Å². The minimum Gasteiger partial charge on any atom is -0.369 e. The van der Waals surface area contributed by atoms with Gasteiger partial charge in [-0.15, -0.1) is 0 Å². The predicted octanol–water partition coefficient (Wildman–Crippen LogP) is 0.523. The molecule has 2 N–H and O–H groups in total. The van der Waals surface area contributed by atoms with Crippen LogP contribution >= 0.6 is 0 Å². The molecule has 1 aromatic rings. The van der Waals surface area contributed by atoms with Crippen molar-refractivity contribution in [2.24, 2.45) is 5.73 Å². The molecule has 1 heterocycles. The largest absolute Gasteiger partial charge is 0.418 e. The lowest BCUT2D eigenvalue weighted by Crippen LogP contribution is -2.16. The summed E-state index contributed by atoms with van der Waals surface area (Å²) in [4.78, 5) is 10.4. The molecule has 0 unspecified atom stereocenters. The maximum Gasteiger partial charge on any atom is 0.418 e. The summed E-state index contributed by atoms with van der Waals surface area (Å²) < 4.78 is 36.4. The van der Waals surface area contributed by atoms with Crippen LogP contribution in [0.25, 0.3) is 0 Å². The average molecular weight is 205 g/mol. The van der Waals surface area contributed by atoms with Crippen LogP contribution in [0.5, 0.6) is 0 Å². The van der Waals surface area contributed by atoms with Gasteiger partial charge in [0.15, 0.2) is 0 Å². The third-order valence-corrected chi connectivity index (χ3v) is 1.39. The van der Waals surface area contributed by atoms with Crippen molar-refractivity contribution < 1.29 is 18.0 Å². The van der Waals surface area contributed by atoms with Gasteiger partial charge in [-0.2, -0.15) is 23.4 Å². The van der Waals surface area contributed by atoms with Gasteiger partial charge in [-0.1, -0.05) is 0 Å². The summed E-state index contributed by atoms with van der Waals surface area (Å²) in [6, 6.07) is 0.748. The van der Waals surface area contributed by atoms with Gasteiger partial charge < -0.3 is 5.73 Å². The van der Waals surface area contributed by atoms with Crippen molar-refractivity contribution in [3.05, 3.63) is 23.5 Å². The Balaban J connectivity index is 2.95. The summed E-state index contributed by atoms with van der Waals surface area (Å²) in [5.74, 6) is -0.751. The van der Waals surface area contributed by atoms with Gasteiger partial charge >= 0.3 is 6.18 Å². The third kappa shape index (κ3) is 2.68. The quantitative estimate of drug-likeness (QED) is 0.765. The monoisotopic (exact) mass is 205 g/mol. The van der Waals surface area contributed by atoms with Crippen LogP contribution in [0.4, 0.5) is 13.2 Å². The molecule has 0 saturated carbocycles. The van der Waals surface area contributed by atoms with Gasteiger partial charge in [0.1, 0.15) is 0 Å². The van der Waals surface area contributed by atoms with Gasteiger partial charge in [0.05, 0.1) is 23.9 Å². The van der Waals surface area contributed by atoms with Crippen LogP contribution < -0.4 is 5.73 Å². The minimum absolute atomic E-state index is 0.0904. The highest BCUT2D eigenvalue weighted by Gasteiger charge is 2.31. The summed E-state index contributed by atoms with van der Waals surface area (Å²) in [5.41, 5.74) is 3.76. The number of carbonyl (C=O) groups is 1. The van der Waals surface area contributed by atoms with E-state index in [1.807, 2.05) is 0 Å². The molecule has 1 amide bonds. The average Bonchev–Trinajstić information content (AvgIpc) is 2.01. The number of halogens is 3. The Morgan fingerprint density at radius 3 is 2.64 bits per heavy atom. The number of hydrogen-bond donors (Lipinski definition) is 1. The number of aromatic nitrogens is 2. The number of primary amides is 1. The highest BCUT2D eigenvalue weighted by molar-refractivity contribution is 5.76. The fourth-order valence-electron chi connectivity index (χ4n) is 0.831. The zero-order valence-corrected chi connectivity index (χ0v) is 6.88. The molecule has 0 aliphatic carbocycles. The molecule has 7 heteroatoms. The molecular formula is C7H6F3N3O. The standard InChI is InChI=1S/C7H6F3N3O/c8-7(9,10)4-1-5(2-6(11)14)13-12-3-4/h1,3H,2H2,(H2,11,14). The Kier molecular flexibility index (Phi) is 2.68. The number of amides is 1. The van der Waals surface area contributed by atoms with E-state index in [0.717, 1.165) is 6.07 Å². The number of carbonyl (C=O) groups excluding carboxylic acids is 1. The second-order valence-electron chi connectivity index (χ2n) is 2.58. The van der Waals surface area contributed by atoms with Crippen LogP contribution in [0.3, 0.4) is 0 Å². The normalized spacial score (nSPS) is 11.4. The smallest absolute Gasteiger partial charge is 0.369 e. The number of alkyl halides is 3. The maximum atomic E-state index is 12.1. The van der Waals surface area contributed by atoms with E-state index in [1.54, 1.807) is 0 Å². The lowest BCUT2D eigenvalue weighted by molar-refractivity contribution is -0.138.